The zero-order valence-electron chi connectivity index (χ0n) is 32.2. The Labute approximate surface area is 304 Å². The molecule has 1 aliphatic rings. The fraction of sp³-hybridized carbons (Fsp3) is 0.579. The van der Waals surface area contributed by atoms with Gasteiger partial charge in [-0.2, -0.15) is 5.10 Å². The van der Waals surface area contributed by atoms with Gasteiger partial charge in [-0.25, -0.2) is 18.9 Å². The molecule has 2 N–H and O–H groups in total. The third-order valence-electron chi connectivity index (χ3n) is 11.5. The quantitative estimate of drug-likeness (QED) is 0.144. The molecule has 1 fully saturated rings. The molecule has 0 radical (unpaired) electrons. The number of nitrogens with zero attached hydrogens (tertiary/aromatic N) is 5. The minimum Gasteiger partial charge on any atom is -0.414 e. The van der Waals surface area contributed by atoms with E-state index in [1.54, 1.807) is 0 Å². The lowest BCUT2D eigenvalue weighted by Crippen LogP contribution is -2.49. The molecule has 1 aliphatic carbocycles. The van der Waals surface area contributed by atoms with Gasteiger partial charge in [-0.05, 0) is 93.5 Å². The van der Waals surface area contributed by atoms with Crippen LogP contribution in [0.5, 0.6) is 0 Å². The maximum Gasteiger partial charge on any atom is 0.192 e. The maximum atomic E-state index is 12.6. The van der Waals surface area contributed by atoms with Gasteiger partial charge >= 0.3 is 0 Å². The van der Waals surface area contributed by atoms with E-state index in [9.17, 15) is 4.21 Å². The molecule has 3 heterocycles. The molecular weight excluding hydrogens is 677 g/mol. The molecule has 9 nitrogen and oxygen atoms in total. The largest absolute Gasteiger partial charge is 0.414 e. The lowest BCUT2D eigenvalue weighted by atomic mass is 9.70. The number of pyridine rings is 1. The van der Waals surface area contributed by atoms with Gasteiger partial charge in [0, 0.05) is 29.2 Å². The van der Waals surface area contributed by atoms with Crippen molar-refractivity contribution in [3.05, 3.63) is 66.4 Å². The predicted molar refractivity (Wildman–Crippen MR) is 210 cm³/mol. The summed E-state index contributed by atoms with van der Waals surface area (Å²) in [5, 5.41) is 12.0. The molecule has 0 saturated heterocycles. The van der Waals surface area contributed by atoms with Crippen LogP contribution < -0.4 is 5.14 Å². The first-order valence-corrected chi connectivity index (χ1v) is 24.9. The monoisotopic (exact) mass is 734 g/mol. The molecule has 1 saturated carbocycles. The van der Waals surface area contributed by atoms with Gasteiger partial charge in [-0.1, -0.05) is 59.7 Å². The Morgan fingerprint density at radius 1 is 0.920 bits per heavy atom. The van der Waals surface area contributed by atoms with Crippen LogP contribution >= 0.6 is 0 Å². The van der Waals surface area contributed by atoms with Crippen molar-refractivity contribution in [2.45, 2.75) is 134 Å². The molecule has 3 aromatic heterocycles. The Kier molecular flexibility index (Phi) is 10.9. The van der Waals surface area contributed by atoms with Crippen LogP contribution in [0.15, 0.2) is 55.0 Å². The molecule has 1 unspecified atom stereocenters. The van der Waals surface area contributed by atoms with Gasteiger partial charge in [-0.15, -0.1) is 0 Å². The van der Waals surface area contributed by atoms with E-state index >= 15 is 0 Å². The van der Waals surface area contributed by atoms with Crippen molar-refractivity contribution >= 4 is 38.5 Å². The zero-order chi connectivity index (χ0) is 36.9. The van der Waals surface area contributed by atoms with E-state index in [-0.39, 0.29) is 22.1 Å². The number of rotatable bonds is 12. The van der Waals surface area contributed by atoms with Gasteiger partial charge in [0.25, 0.3) is 0 Å². The second kappa shape index (κ2) is 14.1. The standard InChI is InChI=1S/C38H58N6O3SSi2/c1-36(2,3)49(9,10)46-25-29-14-13-15-35(42-29)44-34-20-26(16-17-27(34)22-41-44)32-23-40-24-33(43-32)31(21-38(7,8)48(39)45)28-18-30(19-28)47-50(11,12)37(4,5)6/h13-17,20,22-24,28,30-31H,18-19,21,25,39H2,1-12H3/t28?,30?,31-,48?/m0/s1. The van der Waals surface area contributed by atoms with Gasteiger partial charge in [0.05, 0.1) is 57.3 Å². The van der Waals surface area contributed by atoms with E-state index in [0.717, 1.165) is 52.2 Å². The summed E-state index contributed by atoms with van der Waals surface area (Å²) in [5.74, 6) is 1.14. The van der Waals surface area contributed by atoms with E-state index in [0.29, 0.717) is 18.9 Å². The van der Waals surface area contributed by atoms with Gasteiger partial charge in [-0.3, -0.25) is 10.1 Å². The molecule has 0 aliphatic heterocycles. The Hall–Kier alpha value is -2.62. The van der Waals surface area contributed by atoms with Crippen molar-refractivity contribution in [1.82, 2.24) is 24.7 Å². The number of nitrogens with two attached hydrogens (primary N) is 1. The van der Waals surface area contributed by atoms with Crippen molar-refractivity contribution in [3.63, 3.8) is 0 Å². The second-order valence-corrected chi connectivity index (χ2v) is 29.1. The lowest BCUT2D eigenvalue weighted by Gasteiger charge is -2.47. The van der Waals surface area contributed by atoms with Crippen LogP contribution in [0.4, 0.5) is 0 Å². The molecule has 272 valence electrons. The Balaban J connectivity index is 1.42. The van der Waals surface area contributed by atoms with Crippen molar-refractivity contribution in [2.24, 2.45) is 11.1 Å². The van der Waals surface area contributed by atoms with Crippen molar-refractivity contribution in [3.8, 4) is 17.1 Å². The Bertz CT molecular complexity index is 1840. The van der Waals surface area contributed by atoms with Crippen LogP contribution in [-0.2, 0) is 26.4 Å². The average molecular weight is 735 g/mol. The maximum absolute atomic E-state index is 12.6. The van der Waals surface area contributed by atoms with Crippen molar-refractivity contribution < 1.29 is 13.1 Å². The van der Waals surface area contributed by atoms with Crippen LogP contribution in [-0.4, -0.2) is 56.4 Å². The summed E-state index contributed by atoms with van der Waals surface area (Å²) in [6.07, 6.45) is 8.35. The highest BCUT2D eigenvalue weighted by molar-refractivity contribution is 7.84. The Morgan fingerprint density at radius 3 is 2.24 bits per heavy atom. The zero-order valence-corrected chi connectivity index (χ0v) is 35.0. The fourth-order valence-corrected chi connectivity index (χ4v) is 8.61. The predicted octanol–water partition coefficient (Wildman–Crippen LogP) is 9.07. The van der Waals surface area contributed by atoms with Gasteiger partial charge in [0.2, 0.25) is 0 Å². The molecule has 5 rings (SSSR count). The SMILES string of the molecule is CC(C)(C[C@H](c1cncc(-c2ccc3cnn(-c4cccc(CO[Si](C)(C)C(C)(C)C)n4)c3c2)n1)C1CC(O[Si](C)(C)C(C)(C)C)C1)S(N)=O. The number of fused-ring (bicyclic) bond motifs is 1. The summed E-state index contributed by atoms with van der Waals surface area (Å²) in [7, 11) is -5.28. The van der Waals surface area contributed by atoms with Crippen LogP contribution in [0.2, 0.25) is 36.3 Å². The van der Waals surface area contributed by atoms with E-state index in [4.69, 9.17) is 29.1 Å². The van der Waals surface area contributed by atoms with Crippen LogP contribution in [0, 0.1) is 5.92 Å². The normalized spacial score (nSPS) is 19.0. The van der Waals surface area contributed by atoms with Crippen LogP contribution in [0.1, 0.15) is 92.0 Å². The van der Waals surface area contributed by atoms with E-state index in [2.05, 4.69) is 90.9 Å². The van der Waals surface area contributed by atoms with Crippen molar-refractivity contribution in [1.29, 1.82) is 0 Å². The summed E-state index contributed by atoms with van der Waals surface area (Å²) in [5.41, 5.74) is 4.45. The first-order valence-electron chi connectivity index (χ1n) is 17.8. The fourth-order valence-electron chi connectivity index (χ4n) is 5.94. The molecule has 0 amide bonds. The van der Waals surface area contributed by atoms with E-state index < -0.39 is 32.4 Å². The number of benzene rings is 1. The first kappa shape index (κ1) is 38.6. The molecule has 50 heavy (non-hydrogen) atoms. The van der Waals surface area contributed by atoms with Crippen LogP contribution in [0.25, 0.3) is 28.0 Å². The number of hydrogen-bond donors (Lipinski definition) is 1. The summed E-state index contributed by atoms with van der Waals surface area (Å²) < 4.78 is 27.1. The highest BCUT2D eigenvalue weighted by Crippen LogP contribution is 2.48. The van der Waals surface area contributed by atoms with Gasteiger partial charge in [0.1, 0.15) is 0 Å². The summed E-state index contributed by atoms with van der Waals surface area (Å²) >= 11 is 0. The molecule has 4 aromatic rings. The molecule has 1 aromatic carbocycles. The van der Waals surface area contributed by atoms with Gasteiger partial charge < -0.3 is 8.85 Å². The summed E-state index contributed by atoms with van der Waals surface area (Å²) in [6, 6.07) is 12.2. The molecule has 0 bridgehead atoms. The van der Waals surface area contributed by atoms with Crippen LogP contribution in [0.3, 0.4) is 0 Å². The highest BCUT2D eigenvalue weighted by atomic mass is 32.2. The number of hydrogen-bond acceptors (Lipinski definition) is 7. The van der Waals surface area contributed by atoms with E-state index in [1.165, 1.54) is 0 Å². The lowest BCUT2D eigenvalue weighted by molar-refractivity contribution is 0.0357. The molecule has 2 atom stereocenters. The first-order chi connectivity index (χ1) is 23.1. The van der Waals surface area contributed by atoms with Crippen molar-refractivity contribution in [2.75, 3.05) is 0 Å². The molecule has 12 heteroatoms. The summed E-state index contributed by atoms with van der Waals surface area (Å²) in [4.78, 5) is 14.8. The smallest absolute Gasteiger partial charge is 0.192 e. The Morgan fingerprint density at radius 2 is 1.60 bits per heavy atom. The second-order valence-electron chi connectivity index (χ2n) is 17.8. The highest BCUT2D eigenvalue weighted by Gasteiger charge is 2.46. The van der Waals surface area contributed by atoms with E-state index in [1.807, 2.05) is 55.3 Å². The minimum atomic E-state index is -1.92. The summed E-state index contributed by atoms with van der Waals surface area (Å²) in [6.45, 7) is 27.1. The topological polar surface area (TPSA) is 118 Å². The third kappa shape index (κ3) is 8.36. The molecule has 0 spiro atoms. The van der Waals surface area contributed by atoms with Gasteiger partial charge in [0.15, 0.2) is 22.5 Å². The average Bonchev–Trinajstić information content (AvgIpc) is 3.43. The minimum absolute atomic E-state index is 0.0546. The molecular formula is C38H58N6O3SSi2. The number of aromatic nitrogens is 5. The third-order valence-corrected chi connectivity index (χ3v) is 21.8.